The van der Waals surface area contributed by atoms with E-state index in [1.165, 1.54) is 6.07 Å². The molecule has 2 aromatic carbocycles. The Labute approximate surface area is 110 Å². The molecule has 19 heavy (non-hydrogen) atoms. The lowest BCUT2D eigenvalue weighted by Crippen LogP contribution is -2.07. The van der Waals surface area contributed by atoms with Gasteiger partial charge in [-0.1, -0.05) is 30.3 Å². The SMILES string of the molecule is Cc1cc(C(F)(F)F)ccc1NCc1ccccc1. The van der Waals surface area contributed by atoms with Crippen LogP contribution in [0.3, 0.4) is 0 Å². The highest BCUT2D eigenvalue weighted by atomic mass is 19.4. The zero-order valence-corrected chi connectivity index (χ0v) is 10.5. The van der Waals surface area contributed by atoms with Crippen molar-refractivity contribution in [3.8, 4) is 0 Å². The maximum Gasteiger partial charge on any atom is 0.416 e. The van der Waals surface area contributed by atoms with E-state index in [1.54, 1.807) is 6.92 Å². The van der Waals surface area contributed by atoms with Crippen molar-refractivity contribution < 1.29 is 13.2 Å². The summed E-state index contributed by atoms with van der Waals surface area (Å²) in [6.07, 6.45) is -4.29. The minimum absolute atomic E-state index is 0.589. The molecule has 0 saturated carbocycles. The summed E-state index contributed by atoms with van der Waals surface area (Å²) in [5, 5.41) is 3.14. The van der Waals surface area contributed by atoms with Gasteiger partial charge in [0.05, 0.1) is 5.56 Å². The van der Waals surface area contributed by atoms with E-state index in [0.717, 1.165) is 23.4 Å². The number of rotatable bonds is 3. The van der Waals surface area contributed by atoms with E-state index < -0.39 is 11.7 Å². The fourth-order valence-corrected chi connectivity index (χ4v) is 1.83. The smallest absolute Gasteiger partial charge is 0.381 e. The Bertz CT molecular complexity index is 547. The molecule has 0 aliphatic carbocycles. The van der Waals surface area contributed by atoms with Crippen LogP contribution in [0.15, 0.2) is 48.5 Å². The summed E-state index contributed by atoms with van der Waals surface area (Å²) >= 11 is 0. The van der Waals surface area contributed by atoms with Crippen molar-refractivity contribution in [2.24, 2.45) is 0 Å². The van der Waals surface area contributed by atoms with Gasteiger partial charge in [0.1, 0.15) is 0 Å². The molecule has 0 atom stereocenters. The van der Waals surface area contributed by atoms with Gasteiger partial charge in [0, 0.05) is 12.2 Å². The number of nitrogens with one attached hydrogen (secondary N) is 1. The second-order valence-corrected chi connectivity index (χ2v) is 4.37. The zero-order valence-electron chi connectivity index (χ0n) is 10.5. The monoisotopic (exact) mass is 265 g/mol. The molecule has 4 heteroatoms. The molecule has 2 aromatic rings. The molecule has 0 aliphatic heterocycles. The van der Waals surface area contributed by atoms with Crippen LogP contribution in [0.25, 0.3) is 0 Å². The Morgan fingerprint density at radius 2 is 1.68 bits per heavy atom. The fourth-order valence-electron chi connectivity index (χ4n) is 1.83. The molecule has 2 rings (SSSR count). The highest BCUT2D eigenvalue weighted by Gasteiger charge is 2.30. The molecule has 0 aliphatic rings. The van der Waals surface area contributed by atoms with Crippen LogP contribution >= 0.6 is 0 Å². The Morgan fingerprint density at radius 3 is 2.26 bits per heavy atom. The van der Waals surface area contributed by atoms with Crippen LogP contribution < -0.4 is 5.32 Å². The number of hydrogen-bond donors (Lipinski definition) is 1. The normalized spacial score (nSPS) is 11.4. The fraction of sp³-hybridized carbons (Fsp3) is 0.200. The van der Waals surface area contributed by atoms with Gasteiger partial charge in [-0.25, -0.2) is 0 Å². The molecule has 1 nitrogen and oxygen atoms in total. The molecule has 0 unspecified atom stereocenters. The summed E-state index contributed by atoms with van der Waals surface area (Å²) in [6, 6.07) is 13.4. The molecule has 100 valence electrons. The minimum atomic E-state index is -4.29. The van der Waals surface area contributed by atoms with Gasteiger partial charge >= 0.3 is 6.18 Å². The quantitative estimate of drug-likeness (QED) is 0.853. The van der Waals surface area contributed by atoms with E-state index in [2.05, 4.69) is 5.32 Å². The molecule has 0 aromatic heterocycles. The second kappa shape index (κ2) is 5.34. The first kappa shape index (κ1) is 13.5. The Balaban J connectivity index is 2.10. The summed E-state index contributed by atoms with van der Waals surface area (Å²) in [7, 11) is 0. The third-order valence-corrected chi connectivity index (χ3v) is 2.88. The van der Waals surface area contributed by atoms with Crippen molar-refractivity contribution >= 4 is 5.69 Å². The maximum atomic E-state index is 12.5. The van der Waals surface area contributed by atoms with Crippen LogP contribution in [0, 0.1) is 6.92 Å². The summed E-state index contributed by atoms with van der Waals surface area (Å²) < 4.78 is 37.6. The van der Waals surface area contributed by atoms with E-state index in [1.807, 2.05) is 30.3 Å². The topological polar surface area (TPSA) is 12.0 Å². The van der Waals surface area contributed by atoms with Crippen LogP contribution in [-0.2, 0) is 12.7 Å². The van der Waals surface area contributed by atoms with Gasteiger partial charge in [-0.2, -0.15) is 13.2 Å². The number of halogens is 3. The molecule has 0 saturated heterocycles. The van der Waals surface area contributed by atoms with Crippen molar-refractivity contribution in [2.75, 3.05) is 5.32 Å². The summed E-state index contributed by atoms with van der Waals surface area (Å²) in [4.78, 5) is 0. The summed E-state index contributed by atoms with van der Waals surface area (Å²) in [5.41, 5.74) is 1.78. The lowest BCUT2D eigenvalue weighted by molar-refractivity contribution is -0.137. The highest BCUT2D eigenvalue weighted by Crippen LogP contribution is 2.31. The van der Waals surface area contributed by atoms with Crippen molar-refractivity contribution in [3.05, 3.63) is 65.2 Å². The van der Waals surface area contributed by atoms with Gasteiger partial charge in [-0.05, 0) is 36.2 Å². The number of aryl methyl sites for hydroxylation is 1. The average Bonchev–Trinajstić information content (AvgIpc) is 2.37. The van der Waals surface area contributed by atoms with Gasteiger partial charge in [0.15, 0.2) is 0 Å². The third kappa shape index (κ3) is 3.50. The predicted octanol–water partition coefficient (Wildman–Crippen LogP) is 4.63. The van der Waals surface area contributed by atoms with Crippen LogP contribution in [0.2, 0.25) is 0 Å². The second-order valence-electron chi connectivity index (χ2n) is 4.37. The first-order chi connectivity index (χ1) is 8.97. The van der Waals surface area contributed by atoms with Crippen molar-refractivity contribution in [1.82, 2.24) is 0 Å². The van der Waals surface area contributed by atoms with E-state index >= 15 is 0 Å². The van der Waals surface area contributed by atoms with Gasteiger partial charge in [-0.15, -0.1) is 0 Å². The van der Waals surface area contributed by atoms with Crippen LogP contribution in [0.1, 0.15) is 16.7 Å². The van der Waals surface area contributed by atoms with Crippen molar-refractivity contribution in [3.63, 3.8) is 0 Å². The van der Waals surface area contributed by atoms with Crippen LogP contribution in [0.4, 0.5) is 18.9 Å². The molecule has 0 radical (unpaired) electrons. The maximum absolute atomic E-state index is 12.5. The molecule has 1 N–H and O–H groups in total. The molecule has 0 heterocycles. The number of hydrogen-bond acceptors (Lipinski definition) is 1. The summed E-state index contributed by atoms with van der Waals surface area (Å²) in [5.74, 6) is 0. The first-order valence-corrected chi connectivity index (χ1v) is 5.92. The van der Waals surface area contributed by atoms with Gasteiger partial charge < -0.3 is 5.32 Å². The molecule has 0 fully saturated rings. The van der Waals surface area contributed by atoms with E-state index in [4.69, 9.17) is 0 Å². The van der Waals surface area contributed by atoms with Gasteiger partial charge in [0.2, 0.25) is 0 Å². The van der Waals surface area contributed by atoms with Crippen molar-refractivity contribution in [1.29, 1.82) is 0 Å². The van der Waals surface area contributed by atoms with Gasteiger partial charge in [0.25, 0.3) is 0 Å². The molecule has 0 bridgehead atoms. The summed E-state index contributed by atoms with van der Waals surface area (Å²) in [6.45, 7) is 2.26. The predicted molar refractivity (Wildman–Crippen MR) is 69.9 cm³/mol. The first-order valence-electron chi connectivity index (χ1n) is 5.92. The number of anilines is 1. The molecule has 0 amide bonds. The number of alkyl halides is 3. The Hall–Kier alpha value is -1.97. The van der Waals surface area contributed by atoms with E-state index in [0.29, 0.717) is 12.1 Å². The minimum Gasteiger partial charge on any atom is -0.381 e. The lowest BCUT2D eigenvalue weighted by atomic mass is 10.1. The average molecular weight is 265 g/mol. The zero-order chi connectivity index (χ0) is 13.9. The standard InChI is InChI=1S/C15H14F3N/c1-11-9-13(15(16,17)18)7-8-14(11)19-10-12-5-3-2-4-6-12/h2-9,19H,10H2,1H3. The van der Waals surface area contributed by atoms with Crippen molar-refractivity contribution in [2.45, 2.75) is 19.6 Å². The molecular formula is C15H14F3N. The number of benzene rings is 2. The van der Waals surface area contributed by atoms with Crippen LogP contribution in [-0.4, -0.2) is 0 Å². The molecule has 0 spiro atoms. The van der Waals surface area contributed by atoms with Crippen LogP contribution in [0.5, 0.6) is 0 Å². The van der Waals surface area contributed by atoms with E-state index in [-0.39, 0.29) is 0 Å². The highest BCUT2D eigenvalue weighted by molar-refractivity contribution is 5.52. The largest absolute Gasteiger partial charge is 0.416 e. The lowest BCUT2D eigenvalue weighted by Gasteiger charge is -2.13. The Morgan fingerprint density at radius 1 is 1.00 bits per heavy atom. The van der Waals surface area contributed by atoms with Gasteiger partial charge in [-0.3, -0.25) is 0 Å². The third-order valence-electron chi connectivity index (χ3n) is 2.88. The van der Waals surface area contributed by atoms with E-state index in [9.17, 15) is 13.2 Å². The molecular weight excluding hydrogens is 251 g/mol. The Kier molecular flexibility index (Phi) is 3.79.